The van der Waals surface area contributed by atoms with E-state index >= 15 is 0 Å². The summed E-state index contributed by atoms with van der Waals surface area (Å²) in [5.74, 6) is 5.26. The van der Waals surface area contributed by atoms with Gasteiger partial charge in [-0.1, -0.05) is 5.92 Å². The average molecular weight is 169 g/mol. The molecule has 0 saturated heterocycles. The van der Waals surface area contributed by atoms with Crippen molar-refractivity contribution in [3.8, 4) is 11.8 Å². The quantitative estimate of drug-likeness (QED) is 0.604. The molecule has 12 heavy (non-hydrogen) atoms. The van der Waals surface area contributed by atoms with E-state index in [-0.39, 0.29) is 12.1 Å². The Kier molecular flexibility index (Phi) is 4.20. The van der Waals surface area contributed by atoms with E-state index in [4.69, 9.17) is 4.74 Å². The largest absolute Gasteiger partial charge is 0.436 e. The normalized spacial score (nSPS) is 9.67. The van der Waals surface area contributed by atoms with Gasteiger partial charge in [0.05, 0.1) is 0 Å². The van der Waals surface area contributed by atoms with Crippen molar-refractivity contribution in [2.24, 2.45) is 0 Å². The highest BCUT2D eigenvalue weighted by Gasteiger charge is 2.13. The van der Waals surface area contributed by atoms with Gasteiger partial charge >= 0.3 is 6.09 Å². The highest BCUT2D eigenvalue weighted by molar-refractivity contribution is 5.68. The molecule has 0 bridgehead atoms. The zero-order valence-electron chi connectivity index (χ0n) is 8.02. The number of nitrogens with one attached hydrogen (secondary N) is 1. The van der Waals surface area contributed by atoms with E-state index in [2.05, 4.69) is 17.2 Å². The van der Waals surface area contributed by atoms with Gasteiger partial charge in [0, 0.05) is 5.54 Å². The summed E-state index contributed by atoms with van der Waals surface area (Å²) in [4.78, 5) is 10.9. The minimum Gasteiger partial charge on any atom is -0.436 e. The molecule has 0 aromatic rings. The van der Waals surface area contributed by atoms with Crippen molar-refractivity contribution in [3.05, 3.63) is 0 Å². The van der Waals surface area contributed by atoms with Gasteiger partial charge in [-0.3, -0.25) is 0 Å². The van der Waals surface area contributed by atoms with Crippen LogP contribution in [0.25, 0.3) is 0 Å². The molecule has 0 aliphatic rings. The molecule has 0 atom stereocenters. The van der Waals surface area contributed by atoms with E-state index in [0.29, 0.717) is 0 Å². The van der Waals surface area contributed by atoms with Crippen molar-refractivity contribution in [3.63, 3.8) is 0 Å². The van der Waals surface area contributed by atoms with Gasteiger partial charge in [-0.05, 0) is 27.7 Å². The Morgan fingerprint density at radius 2 is 2.08 bits per heavy atom. The lowest BCUT2D eigenvalue weighted by molar-refractivity contribution is 0.151. The Morgan fingerprint density at radius 3 is 2.50 bits per heavy atom. The number of rotatable bonds is 1. The van der Waals surface area contributed by atoms with Crippen molar-refractivity contribution < 1.29 is 9.53 Å². The van der Waals surface area contributed by atoms with Crippen LogP contribution in [-0.4, -0.2) is 18.2 Å². The molecule has 0 aliphatic heterocycles. The lowest BCUT2D eigenvalue weighted by Gasteiger charge is -2.19. The van der Waals surface area contributed by atoms with Gasteiger partial charge in [0.25, 0.3) is 0 Å². The third kappa shape index (κ3) is 6.94. The van der Waals surface area contributed by atoms with Crippen molar-refractivity contribution in [2.45, 2.75) is 33.2 Å². The molecule has 0 heterocycles. The Bertz CT molecular complexity index is 205. The molecule has 1 N–H and O–H groups in total. The van der Waals surface area contributed by atoms with Gasteiger partial charge in [0.15, 0.2) is 6.61 Å². The molecule has 0 rings (SSSR count). The Labute approximate surface area is 73.5 Å². The van der Waals surface area contributed by atoms with Crippen molar-refractivity contribution >= 4 is 6.09 Å². The summed E-state index contributed by atoms with van der Waals surface area (Å²) in [6, 6.07) is 0. The van der Waals surface area contributed by atoms with Crippen LogP contribution in [0.1, 0.15) is 27.7 Å². The van der Waals surface area contributed by atoms with Gasteiger partial charge < -0.3 is 10.1 Å². The molecular weight excluding hydrogens is 154 g/mol. The van der Waals surface area contributed by atoms with Gasteiger partial charge in [0.1, 0.15) is 0 Å². The molecule has 0 fully saturated rings. The maximum atomic E-state index is 10.9. The first-order chi connectivity index (χ1) is 5.45. The summed E-state index contributed by atoms with van der Waals surface area (Å²) in [5.41, 5.74) is -0.253. The predicted molar refractivity (Wildman–Crippen MR) is 47.7 cm³/mol. The Balaban J connectivity index is 3.66. The summed E-state index contributed by atoms with van der Waals surface area (Å²) in [5, 5.41) is 2.65. The third-order valence-corrected chi connectivity index (χ3v) is 0.929. The number of carbonyl (C=O) groups is 1. The van der Waals surface area contributed by atoms with Crippen LogP contribution in [0, 0.1) is 11.8 Å². The highest BCUT2D eigenvalue weighted by Crippen LogP contribution is 1.98. The van der Waals surface area contributed by atoms with Gasteiger partial charge in [0.2, 0.25) is 0 Å². The van der Waals surface area contributed by atoms with Crippen LogP contribution in [0.2, 0.25) is 0 Å². The zero-order valence-corrected chi connectivity index (χ0v) is 8.02. The molecule has 0 unspecified atom stereocenters. The van der Waals surface area contributed by atoms with Crippen molar-refractivity contribution in [2.75, 3.05) is 6.61 Å². The number of amides is 1. The second-order valence-corrected chi connectivity index (χ2v) is 3.38. The lowest BCUT2D eigenvalue weighted by Crippen LogP contribution is -2.40. The maximum Gasteiger partial charge on any atom is 0.408 e. The molecule has 0 aromatic heterocycles. The van der Waals surface area contributed by atoms with Crippen LogP contribution in [0.15, 0.2) is 0 Å². The molecular formula is C9H15NO2. The molecule has 3 heteroatoms. The van der Waals surface area contributed by atoms with Crippen LogP contribution in [0.5, 0.6) is 0 Å². The summed E-state index contributed by atoms with van der Waals surface area (Å²) < 4.78 is 4.73. The van der Waals surface area contributed by atoms with E-state index in [1.165, 1.54) is 0 Å². The second-order valence-electron chi connectivity index (χ2n) is 3.38. The highest BCUT2D eigenvalue weighted by atomic mass is 16.5. The van der Waals surface area contributed by atoms with Crippen LogP contribution in [0.4, 0.5) is 4.79 Å². The molecule has 1 amide bonds. The molecule has 0 aliphatic carbocycles. The smallest absolute Gasteiger partial charge is 0.408 e. The molecule has 0 saturated carbocycles. The minimum atomic E-state index is -0.426. The first-order valence-corrected chi connectivity index (χ1v) is 3.80. The van der Waals surface area contributed by atoms with E-state index in [9.17, 15) is 4.79 Å². The SMILES string of the molecule is CC#CCOC(=O)NC(C)(C)C. The van der Waals surface area contributed by atoms with Gasteiger partial charge in [-0.15, -0.1) is 5.92 Å². The van der Waals surface area contributed by atoms with Crippen LogP contribution < -0.4 is 5.32 Å². The minimum absolute atomic E-state index is 0.151. The fraction of sp³-hybridized carbons (Fsp3) is 0.667. The van der Waals surface area contributed by atoms with Crippen molar-refractivity contribution in [1.82, 2.24) is 5.32 Å². The second kappa shape index (κ2) is 4.66. The number of hydrogen-bond donors (Lipinski definition) is 1. The van der Waals surface area contributed by atoms with E-state index in [1.54, 1.807) is 6.92 Å². The molecule has 0 aromatic carbocycles. The summed E-state index contributed by atoms with van der Waals surface area (Å²) in [7, 11) is 0. The van der Waals surface area contributed by atoms with Gasteiger partial charge in [-0.2, -0.15) is 0 Å². The third-order valence-electron chi connectivity index (χ3n) is 0.929. The van der Waals surface area contributed by atoms with Gasteiger partial charge in [-0.25, -0.2) is 4.79 Å². The Morgan fingerprint density at radius 1 is 1.50 bits per heavy atom. The fourth-order valence-corrected chi connectivity index (χ4v) is 0.516. The lowest BCUT2D eigenvalue weighted by atomic mass is 10.1. The standard InChI is InChI=1S/C9H15NO2/c1-5-6-7-12-8(11)10-9(2,3)4/h7H2,1-4H3,(H,10,11). The van der Waals surface area contributed by atoms with Crippen LogP contribution >= 0.6 is 0 Å². The first kappa shape index (κ1) is 10.8. The molecule has 68 valence electrons. The number of hydrogen-bond acceptors (Lipinski definition) is 2. The molecule has 0 spiro atoms. The fourth-order valence-electron chi connectivity index (χ4n) is 0.516. The zero-order chi connectivity index (χ0) is 9.61. The Hall–Kier alpha value is -1.17. The number of alkyl carbamates (subject to hydrolysis) is 1. The topological polar surface area (TPSA) is 38.3 Å². The monoisotopic (exact) mass is 169 g/mol. The van der Waals surface area contributed by atoms with E-state index < -0.39 is 6.09 Å². The summed E-state index contributed by atoms with van der Waals surface area (Å²) in [6.07, 6.45) is -0.426. The predicted octanol–water partition coefficient (Wildman–Crippen LogP) is 1.53. The summed E-state index contributed by atoms with van der Waals surface area (Å²) >= 11 is 0. The van der Waals surface area contributed by atoms with Crippen molar-refractivity contribution in [1.29, 1.82) is 0 Å². The average Bonchev–Trinajstić information content (AvgIpc) is 1.84. The molecule has 0 radical (unpaired) electrons. The first-order valence-electron chi connectivity index (χ1n) is 3.80. The number of carbonyl (C=O) groups excluding carboxylic acids is 1. The summed E-state index contributed by atoms with van der Waals surface area (Å²) in [6.45, 7) is 7.52. The maximum absolute atomic E-state index is 10.9. The molecule has 3 nitrogen and oxygen atoms in total. The van der Waals surface area contributed by atoms with E-state index in [1.807, 2.05) is 20.8 Å². The van der Waals surface area contributed by atoms with Crippen LogP contribution in [-0.2, 0) is 4.74 Å². The van der Waals surface area contributed by atoms with Crippen LogP contribution in [0.3, 0.4) is 0 Å². The van der Waals surface area contributed by atoms with E-state index in [0.717, 1.165) is 0 Å². The number of ether oxygens (including phenoxy) is 1.